The average molecular weight is 328 g/mol. The molecule has 0 radical (unpaired) electrons. The summed E-state index contributed by atoms with van der Waals surface area (Å²) < 4.78 is 0. The fraction of sp³-hybridized carbons (Fsp3) is 0.591. The number of carboxylic acid groups (broad SMARTS) is 1. The van der Waals surface area contributed by atoms with Crippen molar-refractivity contribution in [1.29, 1.82) is 0 Å². The van der Waals surface area contributed by atoms with E-state index in [2.05, 4.69) is 26.0 Å². The zero-order valence-corrected chi connectivity index (χ0v) is 15.5. The summed E-state index contributed by atoms with van der Waals surface area (Å²) in [5.74, 6) is -0.105. The first kappa shape index (κ1) is 18.8. The molecule has 0 unspecified atom stereocenters. The molecule has 2 rings (SSSR count). The molecule has 0 aliphatic heterocycles. The van der Waals surface area contributed by atoms with Gasteiger partial charge in [-0.3, -0.25) is 4.79 Å². The highest BCUT2D eigenvalue weighted by atomic mass is 16.4. The van der Waals surface area contributed by atoms with Crippen LogP contribution in [0.5, 0.6) is 0 Å². The van der Waals surface area contributed by atoms with E-state index >= 15 is 0 Å². The van der Waals surface area contributed by atoms with E-state index in [9.17, 15) is 9.90 Å². The smallest absolute Gasteiger partial charge is 0.307 e. The first-order valence-electron chi connectivity index (χ1n) is 9.57. The Bertz CT molecular complexity index is 594. The maximum absolute atomic E-state index is 11.2. The molecule has 1 fully saturated rings. The molecule has 2 nitrogen and oxygen atoms in total. The van der Waals surface area contributed by atoms with Crippen molar-refractivity contribution in [3.63, 3.8) is 0 Å². The lowest BCUT2D eigenvalue weighted by Gasteiger charge is -2.17. The number of carboxylic acids is 1. The molecule has 2 heteroatoms. The molecule has 0 bridgehead atoms. The van der Waals surface area contributed by atoms with Crippen LogP contribution in [0.4, 0.5) is 0 Å². The van der Waals surface area contributed by atoms with E-state index in [0.29, 0.717) is 5.92 Å². The van der Waals surface area contributed by atoms with Gasteiger partial charge in [0.05, 0.1) is 6.42 Å². The van der Waals surface area contributed by atoms with E-state index in [-0.39, 0.29) is 6.42 Å². The summed E-state index contributed by atoms with van der Waals surface area (Å²) in [4.78, 5) is 11.2. The summed E-state index contributed by atoms with van der Waals surface area (Å²) in [7, 11) is 0. The lowest BCUT2D eigenvalue weighted by Crippen LogP contribution is -2.03. The van der Waals surface area contributed by atoms with Gasteiger partial charge in [-0.1, -0.05) is 50.8 Å². The Hall–Kier alpha value is -1.57. The van der Waals surface area contributed by atoms with Crippen LogP contribution in [0, 0.1) is 6.92 Å². The van der Waals surface area contributed by atoms with Gasteiger partial charge in [0.1, 0.15) is 0 Å². The maximum Gasteiger partial charge on any atom is 0.307 e. The molecule has 0 saturated heterocycles. The second-order valence-electron chi connectivity index (χ2n) is 7.20. The molecule has 24 heavy (non-hydrogen) atoms. The SMILES string of the molecule is CC=C(CC(=O)O)c1c(C)cc(CCCCCCC)cc1C1CC1. The number of benzene rings is 1. The van der Waals surface area contributed by atoms with Crippen molar-refractivity contribution < 1.29 is 9.90 Å². The first-order chi connectivity index (χ1) is 11.6. The largest absolute Gasteiger partial charge is 0.481 e. The Labute approximate surface area is 147 Å². The lowest BCUT2D eigenvalue weighted by molar-refractivity contribution is -0.135. The van der Waals surface area contributed by atoms with Gasteiger partial charge in [-0.25, -0.2) is 0 Å². The van der Waals surface area contributed by atoms with Crippen LogP contribution in [0.3, 0.4) is 0 Å². The molecule has 1 aliphatic carbocycles. The van der Waals surface area contributed by atoms with Gasteiger partial charge < -0.3 is 5.11 Å². The zero-order valence-electron chi connectivity index (χ0n) is 15.5. The van der Waals surface area contributed by atoms with Crippen LogP contribution in [-0.2, 0) is 11.2 Å². The number of carbonyl (C=O) groups is 1. The molecule has 1 aromatic rings. The Morgan fingerprint density at radius 2 is 1.92 bits per heavy atom. The van der Waals surface area contributed by atoms with Crippen molar-refractivity contribution in [2.75, 3.05) is 0 Å². The predicted octanol–water partition coefficient (Wildman–Crippen LogP) is 6.26. The number of aryl methyl sites for hydroxylation is 2. The summed E-state index contributed by atoms with van der Waals surface area (Å²) in [6, 6.07) is 4.65. The van der Waals surface area contributed by atoms with Crippen LogP contribution < -0.4 is 0 Å². The number of aliphatic carboxylic acids is 1. The minimum atomic E-state index is -0.746. The molecular formula is C22H32O2. The highest BCUT2D eigenvalue weighted by Crippen LogP contribution is 2.45. The van der Waals surface area contributed by atoms with E-state index in [0.717, 1.165) is 12.0 Å². The van der Waals surface area contributed by atoms with E-state index in [4.69, 9.17) is 0 Å². The van der Waals surface area contributed by atoms with Crippen molar-refractivity contribution in [1.82, 2.24) is 0 Å². The highest BCUT2D eigenvalue weighted by molar-refractivity contribution is 5.86. The van der Waals surface area contributed by atoms with Gasteiger partial charge in [0.15, 0.2) is 0 Å². The predicted molar refractivity (Wildman–Crippen MR) is 102 cm³/mol. The van der Waals surface area contributed by atoms with Crippen molar-refractivity contribution in [2.45, 2.75) is 84.5 Å². The third-order valence-corrected chi connectivity index (χ3v) is 5.02. The maximum atomic E-state index is 11.2. The van der Waals surface area contributed by atoms with Crippen LogP contribution in [0.25, 0.3) is 5.57 Å². The second kappa shape index (κ2) is 9.05. The van der Waals surface area contributed by atoms with Gasteiger partial charge in [0, 0.05) is 0 Å². The van der Waals surface area contributed by atoms with E-state index in [1.807, 2.05) is 13.0 Å². The standard InChI is InChI=1S/C22H32O2/c1-4-6-7-8-9-10-17-13-16(3)22(18(5-2)15-21(23)24)20(14-17)19-11-12-19/h5,13-14,19H,4,6-12,15H2,1-3H3,(H,23,24). The van der Waals surface area contributed by atoms with Gasteiger partial charge in [-0.15, -0.1) is 0 Å². The van der Waals surface area contributed by atoms with E-state index in [1.54, 1.807) is 0 Å². The van der Waals surface area contributed by atoms with Gasteiger partial charge in [0.2, 0.25) is 0 Å². The molecule has 132 valence electrons. The molecule has 0 aromatic heterocycles. The minimum absolute atomic E-state index is 0.118. The van der Waals surface area contributed by atoms with Crippen molar-refractivity contribution in [2.24, 2.45) is 0 Å². The third-order valence-electron chi connectivity index (χ3n) is 5.02. The van der Waals surface area contributed by atoms with Gasteiger partial charge in [-0.05, 0) is 73.3 Å². The van der Waals surface area contributed by atoms with E-state index in [1.165, 1.54) is 67.2 Å². The summed E-state index contributed by atoms with van der Waals surface area (Å²) in [6.45, 7) is 6.35. The Morgan fingerprint density at radius 1 is 1.21 bits per heavy atom. The van der Waals surface area contributed by atoms with Crippen molar-refractivity contribution >= 4 is 11.5 Å². The quantitative estimate of drug-likeness (QED) is 0.514. The summed E-state index contributed by atoms with van der Waals surface area (Å²) in [5, 5.41) is 9.21. The van der Waals surface area contributed by atoms with E-state index < -0.39 is 5.97 Å². The molecule has 1 N–H and O–H groups in total. The lowest BCUT2D eigenvalue weighted by atomic mass is 9.88. The summed E-state index contributed by atoms with van der Waals surface area (Å²) in [5.41, 5.74) is 6.25. The molecule has 1 aromatic carbocycles. The monoisotopic (exact) mass is 328 g/mol. The average Bonchev–Trinajstić information content (AvgIpc) is 3.37. The molecule has 0 heterocycles. The molecule has 1 aliphatic rings. The molecule has 0 atom stereocenters. The first-order valence-corrected chi connectivity index (χ1v) is 9.57. The van der Waals surface area contributed by atoms with Gasteiger partial charge >= 0.3 is 5.97 Å². The highest BCUT2D eigenvalue weighted by Gasteiger charge is 2.28. The van der Waals surface area contributed by atoms with Crippen LogP contribution in [0.1, 0.15) is 93.4 Å². The van der Waals surface area contributed by atoms with Crippen LogP contribution in [0.2, 0.25) is 0 Å². The van der Waals surface area contributed by atoms with Crippen LogP contribution in [-0.4, -0.2) is 11.1 Å². The molecule has 0 spiro atoms. The topological polar surface area (TPSA) is 37.3 Å². The zero-order chi connectivity index (χ0) is 17.5. The van der Waals surface area contributed by atoms with Crippen molar-refractivity contribution in [3.8, 4) is 0 Å². The number of unbranched alkanes of at least 4 members (excludes halogenated alkanes) is 4. The number of hydrogen-bond acceptors (Lipinski definition) is 1. The molecule has 0 amide bonds. The Morgan fingerprint density at radius 3 is 2.50 bits per heavy atom. The van der Waals surface area contributed by atoms with Crippen LogP contribution in [0.15, 0.2) is 18.2 Å². The fourth-order valence-corrected chi connectivity index (χ4v) is 3.62. The normalized spacial score (nSPS) is 14.9. The van der Waals surface area contributed by atoms with Gasteiger partial charge in [-0.2, -0.15) is 0 Å². The summed E-state index contributed by atoms with van der Waals surface area (Å²) >= 11 is 0. The van der Waals surface area contributed by atoms with Gasteiger partial charge in [0.25, 0.3) is 0 Å². The van der Waals surface area contributed by atoms with Crippen molar-refractivity contribution in [3.05, 3.63) is 40.5 Å². The Balaban J connectivity index is 2.18. The number of rotatable bonds is 10. The second-order valence-corrected chi connectivity index (χ2v) is 7.20. The number of allylic oxidation sites excluding steroid dienone is 1. The summed E-state index contributed by atoms with van der Waals surface area (Å²) in [6.07, 6.45) is 12.3. The third kappa shape index (κ3) is 5.22. The Kier molecular flexibility index (Phi) is 7.08. The fourth-order valence-electron chi connectivity index (χ4n) is 3.62. The number of hydrogen-bond donors (Lipinski definition) is 1. The molecular weight excluding hydrogens is 296 g/mol. The van der Waals surface area contributed by atoms with Crippen LogP contribution >= 0.6 is 0 Å². The minimum Gasteiger partial charge on any atom is -0.481 e. The molecule has 1 saturated carbocycles.